The van der Waals surface area contributed by atoms with Crippen LogP contribution in [0, 0.1) is 5.41 Å². The number of fused-ring (bicyclic) bond motifs is 1. The Morgan fingerprint density at radius 2 is 1.76 bits per heavy atom. The molecule has 3 heteroatoms. The fourth-order valence-electron chi connectivity index (χ4n) is 2.09. The van der Waals surface area contributed by atoms with Crippen molar-refractivity contribution in [2.75, 3.05) is 0 Å². The van der Waals surface area contributed by atoms with E-state index >= 15 is 0 Å². The minimum absolute atomic E-state index is 0. The van der Waals surface area contributed by atoms with Crippen molar-refractivity contribution in [2.24, 2.45) is 18.2 Å². The Hall–Kier alpha value is -0.990. The highest BCUT2D eigenvalue weighted by molar-refractivity contribution is 5.85. The molecule has 0 radical (unpaired) electrons. The number of hydrogen-bond donors (Lipinski definition) is 1. The summed E-state index contributed by atoms with van der Waals surface area (Å²) in [5, 5.41) is 1.27. The van der Waals surface area contributed by atoms with E-state index in [0.717, 1.165) is 0 Å². The Balaban J connectivity index is 0.00000144. The number of aryl methyl sites for hydroxylation is 1. The van der Waals surface area contributed by atoms with E-state index in [4.69, 9.17) is 5.73 Å². The summed E-state index contributed by atoms with van der Waals surface area (Å²) in [6, 6.07) is 8.49. The SMILES string of the molecule is Cl.Cn1cc([C@H](N)C(C)(C)C)c2ccccc21. The fourth-order valence-corrected chi connectivity index (χ4v) is 2.09. The number of rotatable bonds is 1. The normalized spacial score (nSPS) is 13.5. The Morgan fingerprint density at radius 1 is 1.18 bits per heavy atom. The quantitative estimate of drug-likeness (QED) is 0.825. The number of halogens is 1. The van der Waals surface area contributed by atoms with Crippen LogP contribution in [0.15, 0.2) is 30.5 Å². The van der Waals surface area contributed by atoms with E-state index in [1.165, 1.54) is 16.5 Å². The maximum absolute atomic E-state index is 6.34. The maximum atomic E-state index is 6.34. The largest absolute Gasteiger partial charge is 0.350 e. The van der Waals surface area contributed by atoms with Crippen molar-refractivity contribution in [1.82, 2.24) is 4.57 Å². The third kappa shape index (κ3) is 2.48. The third-order valence-electron chi connectivity index (χ3n) is 3.20. The second kappa shape index (κ2) is 4.71. The van der Waals surface area contributed by atoms with Crippen molar-refractivity contribution < 1.29 is 0 Å². The Bertz CT molecular complexity index is 508. The first-order chi connectivity index (χ1) is 7.41. The standard InChI is InChI=1S/C14H20N2.ClH/c1-14(2,3)13(15)11-9-16(4)12-8-6-5-7-10(11)12;/h5-9,13H,15H2,1-4H3;1H/t13-;/m0./s1. The Kier molecular flexibility index (Phi) is 3.90. The molecule has 0 bridgehead atoms. The lowest BCUT2D eigenvalue weighted by atomic mass is 9.83. The van der Waals surface area contributed by atoms with E-state index in [-0.39, 0.29) is 23.9 Å². The van der Waals surface area contributed by atoms with E-state index in [2.05, 4.69) is 62.8 Å². The minimum Gasteiger partial charge on any atom is -0.350 e. The summed E-state index contributed by atoms with van der Waals surface area (Å²) in [5.74, 6) is 0. The van der Waals surface area contributed by atoms with E-state index in [9.17, 15) is 0 Å². The molecule has 1 aromatic heterocycles. The molecule has 17 heavy (non-hydrogen) atoms. The molecule has 2 nitrogen and oxygen atoms in total. The van der Waals surface area contributed by atoms with Crippen molar-refractivity contribution in [2.45, 2.75) is 26.8 Å². The van der Waals surface area contributed by atoms with Gasteiger partial charge in [-0.05, 0) is 17.0 Å². The summed E-state index contributed by atoms with van der Waals surface area (Å²) in [4.78, 5) is 0. The van der Waals surface area contributed by atoms with Crippen LogP contribution >= 0.6 is 12.4 Å². The number of para-hydroxylation sites is 1. The highest BCUT2D eigenvalue weighted by Crippen LogP contribution is 2.35. The summed E-state index contributed by atoms with van der Waals surface area (Å²) >= 11 is 0. The van der Waals surface area contributed by atoms with E-state index in [1.807, 2.05) is 0 Å². The van der Waals surface area contributed by atoms with Crippen LogP contribution in [0.2, 0.25) is 0 Å². The van der Waals surface area contributed by atoms with Gasteiger partial charge in [0.1, 0.15) is 0 Å². The molecule has 1 atom stereocenters. The number of hydrogen-bond acceptors (Lipinski definition) is 1. The monoisotopic (exact) mass is 252 g/mol. The zero-order valence-corrected chi connectivity index (χ0v) is 11.7. The predicted molar refractivity (Wildman–Crippen MR) is 76.6 cm³/mol. The molecule has 0 spiro atoms. The Labute approximate surface area is 109 Å². The first kappa shape index (κ1) is 14.1. The average Bonchev–Trinajstić information content (AvgIpc) is 2.55. The van der Waals surface area contributed by atoms with Crippen molar-refractivity contribution in [3.63, 3.8) is 0 Å². The van der Waals surface area contributed by atoms with Gasteiger partial charge < -0.3 is 10.3 Å². The Morgan fingerprint density at radius 3 is 2.35 bits per heavy atom. The zero-order chi connectivity index (χ0) is 11.9. The second-order valence-electron chi connectivity index (χ2n) is 5.56. The van der Waals surface area contributed by atoms with Gasteiger partial charge in [-0.25, -0.2) is 0 Å². The summed E-state index contributed by atoms with van der Waals surface area (Å²) < 4.78 is 2.15. The van der Waals surface area contributed by atoms with Crippen LogP contribution in [0.25, 0.3) is 10.9 Å². The number of nitrogens with two attached hydrogens (primary N) is 1. The molecule has 0 unspecified atom stereocenters. The molecule has 94 valence electrons. The van der Waals surface area contributed by atoms with Crippen LogP contribution in [0.1, 0.15) is 32.4 Å². The van der Waals surface area contributed by atoms with Gasteiger partial charge in [0.25, 0.3) is 0 Å². The van der Waals surface area contributed by atoms with Gasteiger partial charge in [-0.2, -0.15) is 0 Å². The number of benzene rings is 1. The molecule has 0 amide bonds. The van der Waals surface area contributed by atoms with Crippen LogP contribution in [-0.4, -0.2) is 4.57 Å². The molecular formula is C14H21ClN2. The first-order valence-electron chi connectivity index (χ1n) is 5.71. The molecule has 2 rings (SSSR count). The maximum Gasteiger partial charge on any atom is 0.0481 e. The van der Waals surface area contributed by atoms with Gasteiger partial charge >= 0.3 is 0 Å². The van der Waals surface area contributed by atoms with Gasteiger partial charge in [0, 0.05) is 30.2 Å². The number of aromatic nitrogens is 1. The molecule has 0 fully saturated rings. The number of nitrogens with zero attached hydrogens (tertiary/aromatic N) is 1. The van der Waals surface area contributed by atoms with Crippen LogP contribution in [0.4, 0.5) is 0 Å². The summed E-state index contributed by atoms with van der Waals surface area (Å²) in [5.41, 5.74) is 8.91. The van der Waals surface area contributed by atoms with Gasteiger partial charge in [0.05, 0.1) is 0 Å². The molecule has 2 N–H and O–H groups in total. The average molecular weight is 253 g/mol. The third-order valence-corrected chi connectivity index (χ3v) is 3.20. The van der Waals surface area contributed by atoms with Crippen LogP contribution in [-0.2, 0) is 7.05 Å². The lowest BCUT2D eigenvalue weighted by Crippen LogP contribution is -2.26. The fraction of sp³-hybridized carbons (Fsp3) is 0.429. The lowest BCUT2D eigenvalue weighted by Gasteiger charge is -2.26. The summed E-state index contributed by atoms with van der Waals surface area (Å²) in [6.07, 6.45) is 2.15. The van der Waals surface area contributed by atoms with E-state index in [0.29, 0.717) is 0 Å². The molecular weight excluding hydrogens is 232 g/mol. The van der Waals surface area contributed by atoms with Crippen molar-refractivity contribution >= 4 is 23.3 Å². The molecule has 1 heterocycles. The van der Waals surface area contributed by atoms with Crippen molar-refractivity contribution in [3.05, 3.63) is 36.0 Å². The molecule has 0 saturated carbocycles. The van der Waals surface area contributed by atoms with Crippen molar-refractivity contribution in [1.29, 1.82) is 0 Å². The van der Waals surface area contributed by atoms with Gasteiger partial charge in [0.2, 0.25) is 0 Å². The molecule has 1 aromatic carbocycles. The molecule has 0 aliphatic heterocycles. The predicted octanol–water partition coefficient (Wildman–Crippen LogP) is 3.65. The smallest absolute Gasteiger partial charge is 0.0481 e. The molecule has 2 aromatic rings. The van der Waals surface area contributed by atoms with Gasteiger partial charge in [-0.15, -0.1) is 12.4 Å². The van der Waals surface area contributed by atoms with E-state index < -0.39 is 0 Å². The summed E-state index contributed by atoms with van der Waals surface area (Å²) in [6.45, 7) is 6.54. The van der Waals surface area contributed by atoms with Crippen LogP contribution in [0.3, 0.4) is 0 Å². The first-order valence-corrected chi connectivity index (χ1v) is 5.71. The zero-order valence-electron chi connectivity index (χ0n) is 10.9. The summed E-state index contributed by atoms with van der Waals surface area (Å²) in [7, 11) is 2.07. The van der Waals surface area contributed by atoms with Gasteiger partial charge in [-0.1, -0.05) is 39.0 Å². The van der Waals surface area contributed by atoms with Gasteiger partial charge in [0.15, 0.2) is 0 Å². The van der Waals surface area contributed by atoms with Gasteiger partial charge in [-0.3, -0.25) is 0 Å². The lowest BCUT2D eigenvalue weighted by molar-refractivity contribution is 0.328. The van der Waals surface area contributed by atoms with E-state index in [1.54, 1.807) is 0 Å². The highest BCUT2D eigenvalue weighted by Gasteiger charge is 2.24. The highest BCUT2D eigenvalue weighted by atomic mass is 35.5. The molecule has 0 aliphatic carbocycles. The van der Waals surface area contributed by atoms with Crippen LogP contribution < -0.4 is 5.73 Å². The van der Waals surface area contributed by atoms with Crippen molar-refractivity contribution in [3.8, 4) is 0 Å². The van der Waals surface area contributed by atoms with Crippen LogP contribution in [0.5, 0.6) is 0 Å². The molecule has 0 saturated heterocycles. The topological polar surface area (TPSA) is 30.9 Å². The molecule has 0 aliphatic rings. The second-order valence-corrected chi connectivity index (χ2v) is 5.56. The minimum atomic E-state index is 0.